The number of halogens is 1. The maximum atomic E-state index is 8.06. The predicted octanol–water partition coefficient (Wildman–Crippen LogP) is 0.158. The van der Waals surface area contributed by atoms with Crippen LogP contribution in [-0.2, 0) is 25.8 Å². The zero-order valence-electron chi connectivity index (χ0n) is 4.01. The summed E-state index contributed by atoms with van der Waals surface area (Å²) in [5, 5.41) is 8.06. The summed E-state index contributed by atoms with van der Waals surface area (Å²) < 4.78 is 0. The van der Waals surface area contributed by atoms with Gasteiger partial charge in [-0.05, 0) is 13.8 Å². The van der Waals surface area contributed by atoms with Crippen molar-refractivity contribution in [1.29, 1.82) is 0 Å². The minimum atomic E-state index is -0.167. The first-order valence-corrected chi connectivity index (χ1v) is 1.41. The van der Waals surface area contributed by atoms with Crippen LogP contribution in [0.25, 0.3) is 0 Å². The van der Waals surface area contributed by atoms with Gasteiger partial charge in [0.25, 0.3) is 0 Å². The maximum Gasteiger partial charge on any atom is 0 e. The Bertz CT molecular complexity index is 19.7. The average Bonchev–Trinajstić information content (AvgIpc) is 0.811. The Morgan fingerprint density at radius 3 is 1.29 bits per heavy atom. The van der Waals surface area contributed by atoms with Gasteiger partial charge in [-0.25, -0.2) is 0 Å². The van der Waals surface area contributed by atoms with Crippen LogP contribution in [0.1, 0.15) is 13.8 Å². The third kappa shape index (κ3) is 67.7. The van der Waals surface area contributed by atoms with E-state index in [1.165, 1.54) is 0 Å². The zero-order chi connectivity index (χ0) is 3.58. The minimum absolute atomic E-state index is 0. The van der Waals surface area contributed by atoms with Gasteiger partial charge < -0.3 is 5.11 Å². The van der Waals surface area contributed by atoms with Gasteiger partial charge in [0.2, 0.25) is 0 Å². The van der Waals surface area contributed by atoms with Crippen LogP contribution in [-0.4, -0.2) is 40.8 Å². The summed E-state index contributed by atoms with van der Waals surface area (Å²) in [4.78, 5) is 0. The van der Waals surface area contributed by atoms with Crippen molar-refractivity contribution in [2.45, 2.75) is 20.0 Å². The fourth-order valence-electron chi connectivity index (χ4n) is 0. The van der Waals surface area contributed by atoms with E-state index in [1.807, 2.05) is 0 Å². The van der Waals surface area contributed by atoms with Crippen molar-refractivity contribution >= 4 is 42.0 Å². The van der Waals surface area contributed by atoms with Crippen LogP contribution in [0.4, 0.5) is 0 Å². The molecule has 1 radical (unpaired) electrons. The summed E-state index contributed by atoms with van der Waals surface area (Å²) in [5.41, 5.74) is 0. The Balaban J connectivity index is -0.0000000150. The summed E-state index contributed by atoms with van der Waals surface area (Å²) in [7, 11) is 0. The first-order valence-electron chi connectivity index (χ1n) is 1.41. The van der Waals surface area contributed by atoms with Crippen LogP contribution >= 0.6 is 12.4 Å². The molecule has 0 aliphatic rings. The molecular formula is C3H10ClNaOSc. The molecule has 0 amide bonds. The maximum absolute atomic E-state index is 8.06. The second kappa shape index (κ2) is 15.7. The SMILES string of the molecule is CC(C)O.Cl.[NaH].[Sc]. The Kier molecular flexibility index (Phi) is 51.5. The summed E-state index contributed by atoms with van der Waals surface area (Å²) in [6.07, 6.45) is -0.167. The van der Waals surface area contributed by atoms with E-state index in [-0.39, 0.29) is 73.9 Å². The molecule has 0 unspecified atom stereocenters. The fraction of sp³-hybridized carbons (Fsp3) is 1.00. The van der Waals surface area contributed by atoms with Crippen LogP contribution in [0.2, 0.25) is 0 Å². The number of aliphatic hydroxyl groups is 1. The summed E-state index contributed by atoms with van der Waals surface area (Å²) in [6, 6.07) is 0. The van der Waals surface area contributed by atoms with E-state index in [1.54, 1.807) is 13.8 Å². The Hall–Kier alpha value is 2.12. The molecule has 1 nitrogen and oxygen atoms in total. The number of rotatable bonds is 0. The molecule has 0 aromatic heterocycles. The van der Waals surface area contributed by atoms with E-state index in [0.717, 1.165) is 0 Å². The molecule has 0 aromatic rings. The van der Waals surface area contributed by atoms with Gasteiger partial charge >= 0.3 is 29.6 Å². The predicted molar refractivity (Wildman–Crippen MR) is 31.8 cm³/mol. The molecule has 0 bridgehead atoms. The van der Waals surface area contributed by atoms with Crippen molar-refractivity contribution in [1.82, 2.24) is 0 Å². The molecule has 0 aromatic carbocycles. The summed E-state index contributed by atoms with van der Waals surface area (Å²) >= 11 is 0. The third-order valence-corrected chi connectivity index (χ3v) is 0. The molecule has 0 aliphatic carbocycles. The van der Waals surface area contributed by atoms with Gasteiger partial charge in [0.05, 0.1) is 0 Å². The zero-order valence-corrected chi connectivity index (χ0v) is 6.63. The molecule has 7 heavy (non-hydrogen) atoms. The fourth-order valence-corrected chi connectivity index (χ4v) is 0. The van der Waals surface area contributed by atoms with Gasteiger partial charge in [-0.1, -0.05) is 0 Å². The van der Waals surface area contributed by atoms with Gasteiger partial charge in [0.15, 0.2) is 0 Å². The monoisotopic (exact) mass is 165 g/mol. The largest absolute Gasteiger partial charge is 0 e. The molecule has 4 heteroatoms. The Labute approximate surface area is 91.7 Å². The van der Waals surface area contributed by atoms with Gasteiger partial charge in [0.1, 0.15) is 0 Å². The molecule has 0 atom stereocenters. The molecule has 1 N–H and O–H groups in total. The minimum Gasteiger partial charge on any atom is 0 e. The first-order chi connectivity index (χ1) is 1.73. The molecular weight excluding hydrogens is 155 g/mol. The van der Waals surface area contributed by atoms with Gasteiger partial charge in [-0.2, -0.15) is 0 Å². The Morgan fingerprint density at radius 2 is 1.29 bits per heavy atom. The van der Waals surface area contributed by atoms with Crippen molar-refractivity contribution in [2.75, 3.05) is 0 Å². The van der Waals surface area contributed by atoms with E-state index in [0.29, 0.717) is 0 Å². The van der Waals surface area contributed by atoms with Crippen LogP contribution in [0.3, 0.4) is 0 Å². The number of hydrogen-bond donors (Lipinski definition) is 1. The normalized spacial score (nSPS) is 5.14. The van der Waals surface area contributed by atoms with E-state index in [4.69, 9.17) is 5.11 Å². The average molecular weight is 166 g/mol. The summed E-state index contributed by atoms with van der Waals surface area (Å²) in [6.45, 7) is 3.44. The standard InChI is InChI=1S/C3H8O.ClH.Na.Sc.H/c1-3(2)4;;;;/h3-4H,1-2H3;1H;;;. The van der Waals surface area contributed by atoms with Crippen LogP contribution in [0.15, 0.2) is 0 Å². The van der Waals surface area contributed by atoms with Gasteiger partial charge in [-0.3, -0.25) is 0 Å². The number of hydrogen-bond acceptors (Lipinski definition) is 1. The second-order valence-electron chi connectivity index (χ2n) is 1.09. The van der Waals surface area contributed by atoms with Crippen molar-refractivity contribution < 1.29 is 30.9 Å². The van der Waals surface area contributed by atoms with E-state index in [2.05, 4.69) is 0 Å². The summed E-state index contributed by atoms with van der Waals surface area (Å²) in [5.74, 6) is 0. The van der Waals surface area contributed by atoms with E-state index < -0.39 is 0 Å². The van der Waals surface area contributed by atoms with Crippen LogP contribution in [0, 0.1) is 0 Å². The van der Waals surface area contributed by atoms with Gasteiger partial charge in [-0.15, -0.1) is 12.4 Å². The smallest absolute Gasteiger partial charge is 0 e. The quantitative estimate of drug-likeness (QED) is 0.507. The number of aliphatic hydroxyl groups excluding tert-OH is 1. The Morgan fingerprint density at radius 1 is 1.29 bits per heavy atom. The first kappa shape index (κ1) is 22.9. The van der Waals surface area contributed by atoms with E-state index >= 15 is 0 Å². The topological polar surface area (TPSA) is 20.2 Å². The van der Waals surface area contributed by atoms with Crippen LogP contribution in [0.5, 0.6) is 0 Å². The van der Waals surface area contributed by atoms with Crippen molar-refractivity contribution in [3.05, 3.63) is 0 Å². The molecule has 39 valence electrons. The third-order valence-electron chi connectivity index (χ3n) is 0. The van der Waals surface area contributed by atoms with Gasteiger partial charge in [0, 0.05) is 31.9 Å². The molecule has 0 saturated heterocycles. The van der Waals surface area contributed by atoms with Crippen LogP contribution < -0.4 is 0 Å². The second-order valence-corrected chi connectivity index (χ2v) is 1.09. The molecule has 0 saturated carbocycles. The van der Waals surface area contributed by atoms with Crippen molar-refractivity contribution in [3.63, 3.8) is 0 Å². The van der Waals surface area contributed by atoms with Crippen molar-refractivity contribution in [2.24, 2.45) is 0 Å². The molecule has 0 aliphatic heterocycles. The molecule has 0 rings (SSSR count). The molecule has 0 heterocycles. The van der Waals surface area contributed by atoms with E-state index in [9.17, 15) is 0 Å². The van der Waals surface area contributed by atoms with Crippen molar-refractivity contribution in [3.8, 4) is 0 Å². The molecule has 0 fully saturated rings. The molecule has 0 spiro atoms.